The Balaban J connectivity index is 3.40. The minimum absolute atomic E-state index is 0.310. The maximum atomic E-state index is 6.01. The molecule has 0 saturated carbocycles. The van der Waals surface area contributed by atoms with E-state index in [0.29, 0.717) is 11.7 Å². The fraction of sp³-hybridized carbons (Fsp3) is 0.846. The molecule has 14 heavy (non-hydrogen) atoms. The summed E-state index contributed by atoms with van der Waals surface area (Å²) in [7, 11) is 6.01. The summed E-state index contributed by atoms with van der Waals surface area (Å²) < 4.78 is 0. The van der Waals surface area contributed by atoms with Gasteiger partial charge in [-0.05, 0) is 11.8 Å². The Labute approximate surface area is 91.6 Å². The van der Waals surface area contributed by atoms with Crippen LogP contribution in [0.3, 0.4) is 0 Å². The van der Waals surface area contributed by atoms with Crippen LogP contribution in [0.4, 0.5) is 0 Å². The molecule has 0 amide bonds. The fourth-order valence-corrected chi connectivity index (χ4v) is 1.51. The number of hydrogen-bond donors (Lipinski definition) is 0. The van der Waals surface area contributed by atoms with Crippen molar-refractivity contribution in [2.75, 3.05) is 0 Å². The van der Waals surface area contributed by atoms with Crippen LogP contribution in [-0.2, 0) is 0 Å². The van der Waals surface area contributed by atoms with E-state index in [1.165, 1.54) is 25.7 Å². The zero-order chi connectivity index (χ0) is 11.0. The molecular formula is C13H25B. The van der Waals surface area contributed by atoms with E-state index in [1.807, 2.05) is 6.08 Å². The molecule has 0 heterocycles. The van der Waals surface area contributed by atoms with Gasteiger partial charge in [0.1, 0.15) is 0 Å². The first-order chi connectivity index (χ1) is 6.61. The van der Waals surface area contributed by atoms with Crippen molar-refractivity contribution < 1.29 is 0 Å². The van der Waals surface area contributed by atoms with E-state index in [1.54, 1.807) is 0 Å². The van der Waals surface area contributed by atoms with E-state index in [2.05, 4.69) is 27.4 Å². The van der Waals surface area contributed by atoms with Crippen LogP contribution >= 0.6 is 0 Å². The van der Waals surface area contributed by atoms with Crippen molar-refractivity contribution in [2.24, 2.45) is 11.8 Å². The lowest BCUT2D eigenvalue weighted by Crippen LogP contribution is -2.03. The summed E-state index contributed by atoms with van der Waals surface area (Å²) in [6.07, 6.45) is 8.35. The van der Waals surface area contributed by atoms with E-state index >= 15 is 0 Å². The Kier molecular flexibility index (Phi) is 8.03. The maximum absolute atomic E-state index is 6.01. The monoisotopic (exact) mass is 192 g/mol. The molecule has 0 aromatic carbocycles. The van der Waals surface area contributed by atoms with E-state index in [9.17, 15) is 0 Å². The molecule has 0 aromatic heterocycles. The number of allylic oxidation sites excluding steroid dienone is 1. The van der Waals surface area contributed by atoms with Crippen molar-refractivity contribution >= 4 is 7.85 Å². The molecule has 3 atom stereocenters. The Morgan fingerprint density at radius 2 is 1.79 bits per heavy atom. The Morgan fingerprint density at radius 3 is 2.29 bits per heavy atom. The van der Waals surface area contributed by atoms with Crippen LogP contribution in [0.2, 0.25) is 5.82 Å². The lowest BCUT2D eigenvalue weighted by atomic mass is 9.74. The molecule has 0 nitrogen and oxygen atoms in total. The topological polar surface area (TPSA) is 0 Å². The van der Waals surface area contributed by atoms with Gasteiger partial charge >= 0.3 is 0 Å². The first-order valence-corrected chi connectivity index (χ1v) is 5.99. The van der Waals surface area contributed by atoms with Crippen molar-refractivity contribution in [3.63, 3.8) is 0 Å². The molecule has 0 aliphatic carbocycles. The third-order valence-corrected chi connectivity index (χ3v) is 3.23. The average Bonchev–Trinajstić information content (AvgIpc) is 2.22. The molecular weight excluding hydrogens is 167 g/mol. The van der Waals surface area contributed by atoms with Crippen LogP contribution in [-0.4, -0.2) is 7.85 Å². The highest BCUT2D eigenvalue weighted by Crippen LogP contribution is 2.23. The molecule has 0 rings (SSSR count). The maximum Gasteiger partial charge on any atom is 0.0707 e. The van der Waals surface area contributed by atoms with Crippen LogP contribution in [0.1, 0.15) is 52.9 Å². The molecule has 3 unspecified atom stereocenters. The molecule has 0 aliphatic heterocycles. The van der Waals surface area contributed by atoms with Crippen LogP contribution in [0.5, 0.6) is 0 Å². The Hall–Kier alpha value is -0.195. The predicted octanol–water partition coefficient (Wildman–Crippen LogP) is 4.37. The Bertz CT molecular complexity index is 142. The zero-order valence-electron chi connectivity index (χ0n) is 10.1. The molecule has 0 N–H and O–H groups in total. The van der Waals surface area contributed by atoms with Crippen LogP contribution in [0, 0.1) is 11.8 Å². The number of hydrogen-bond acceptors (Lipinski definition) is 0. The van der Waals surface area contributed by atoms with Gasteiger partial charge in [-0.25, -0.2) is 0 Å². The van der Waals surface area contributed by atoms with E-state index in [0.717, 1.165) is 12.3 Å². The highest BCUT2D eigenvalue weighted by Gasteiger charge is 2.07. The first-order valence-electron chi connectivity index (χ1n) is 5.99. The summed E-state index contributed by atoms with van der Waals surface area (Å²) in [5, 5.41) is 0. The number of unbranched alkanes of at least 4 members (excludes halogenated alkanes) is 1. The molecule has 2 radical (unpaired) electrons. The molecule has 0 spiro atoms. The largest absolute Gasteiger partial charge is 0.103 e. The second-order valence-corrected chi connectivity index (χ2v) is 4.56. The summed E-state index contributed by atoms with van der Waals surface area (Å²) in [6, 6.07) is 0. The quantitative estimate of drug-likeness (QED) is 0.304. The van der Waals surface area contributed by atoms with Gasteiger partial charge in [0.15, 0.2) is 0 Å². The van der Waals surface area contributed by atoms with Gasteiger partial charge in [-0.1, -0.05) is 64.8 Å². The van der Waals surface area contributed by atoms with Gasteiger partial charge in [-0.2, -0.15) is 0 Å². The van der Waals surface area contributed by atoms with Crippen molar-refractivity contribution in [3.05, 3.63) is 12.7 Å². The van der Waals surface area contributed by atoms with E-state index in [-0.39, 0.29) is 0 Å². The van der Waals surface area contributed by atoms with E-state index in [4.69, 9.17) is 7.85 Å². The van der Waals surface area contributed by atoms with Gasteiger partial charge in [-0.3, -0.25) is 0 Å². The SMILES string of the molecule is [B]C(CCCCC(C)CC)C(C)C=C. The standard InChI is InChI=1S/C13H25B/c1-5-11(3)9-7-8-10-13(14)12(4)6-2/h6,11-13H,2,5,7-10H2,1,3-4H3. The highest BCUT2D eigenvalue weighted by molar-refractivity contribution is 6.11. The van der Waals surface area contributed by atoms with Gasteiger partial charge in [0, 0.05) is 0 Å². The van der Waals surface area contributed by atoms with Gasteiger partial charge in [-0.15, -0.1) is 6.58 Å². The van der Waals surface area contributed by atoms with Gasteiger partial charge in [0.05, 0.1) is 7.85 Å². The summed E-state index contributed by atoms with van der Waals surface area (Å²) in [5.74, 6) is 1.64. The minimum atomic E-state index is 0.310. The van der Waals surface area contributed by atoms with Gasteiger partial charge in [0.25, 0.3) is 0 Å². The number of rotatable bonds is 8. The summed E-state index contributed by atoms with van der Waals surface area (Å²) in [5.41, 5.74) is 0. The molecule has 80 valence electrons. The summed E-state index contributed by atoms with van der Waals surface area (Å²) in [4.78, 5) is 0. The molecule has 0 aromatic rings. The van der Waals surface area contributed by atoms with Crippen molar-refractivity contribution in [3.8, 4) is 0 Å². The smallest absolute Gasteiger partial charge is 0.0707 e. The molecule has 0 bridgehead atoms. The molecule has 1 heteroatoms. The normalized spacial score (nSPS) is 17.4. The molecule has 0 fully saturated rings. The minimum Gasteiger partial charge on any atom is -0.103 e. The highest BCUT2D eigenvalue weighted by atomic mass is 14.1. The summed E-state index contributed by atoms with van der Waals surface area (Å²) >= 11 is 0. The van der Waals surface area contributed by atoms with Crippen LogP contribution < -0.4 is 0 Å². The van der Waals surface area contributed by atoms with Crippen LogP contribution in [0.25, 0.3) is 0 Å². The predicted molar refractivity (Wildman–Crippen MR) is 66.8 cm³/mol. The lowest BCUT2D eigenvalue weighted by Gasteiger charge is -2.16. The van der Waals surface area contributed by atoms with Gasteiger partial charge < -0.3 is 0 Å². The van der Waals surface area contributed by atoms with Crippen molar-refractivity contribution in [1.29, 1.82) is 0 Å². The van der Waals surface area contributed by atoms with Crippen molar-refractivity contribution in [2.45, 2.75) is 58.7 Å². The zero-order valence-corrected chi connectivity index (χ0v) is 10.1. The van der Waals surface area contributed by atoms with Gasteiger partial charge in [0.2, 0.25) is 0 Å². The van der Waals surface area contributed by atoms with Crippen molar-refractivity contribution in [1.82, 2.24) is 0 Å². The Morgan fingerprint density at radius 1 is 1.21 bits per heavy atom. The summed E-state index contributed by atoms with van der Waals surface area (Å²) in [6.45, 7) is 10.5. The van der Waals surface area contributed by atoms with E-state index < -0.39 is 0 Å². The lowest BCUT2D eigenvalue weighted by molar-refractivity contribution is 0.466. The average molecular weight is 192 g/mol. The third kappa shape index (κ3) is 6.29. The molecule has 0 saturated heterocycles. The van der Waals surface area contributed by atoms with Crippen LogP contribution in [0.15, 0.2) is 12.7 Å². The second-order valence-electron chi connectivity index (χ2n) is 4.56. The third-order valence-electron chi connectivity index (χ3n) is 3.23. The first kappa shape index (κ1) is 13.8. The fourth-order valence-electron chi connectivity index (χ4n) is 1.51. The second kappa shape index (κ2) is 8.14. The molecule has 0 aliphatic rings.